The maximum absolute atomic E-state index is 13.8. The number of ether oxygens (including phenoxy) is 2. The highest BCUT2D eigenvalue weighted by molar-refractivity contribution is 7.46. The second kappa shape index (κ2) is 11.6. The molecule has 0 aliphatic heterocycles. The second-order valence-electron chi connectivity index (χ2n) is 14.7. The Morgan fingerprint density at radius 3 is 2.23 bits per heavy atom. The van der Waals surface area contributed by atoms with E-state index in [4.69, 9.17) is 14.0 Å². The molecule has 43 heavy (non-hydrogen) atoms. The Morgan fingerprint density at radius 2 is 1.67 bits per heavy atom. The molecule has 244 valence electrons. The molecule has 10 atom stereocenters. The van der Waals surface area contributed by atoms with Gasteiger partial charge in [0.1, 0.15) is 12.2 Å². The number of hydrogen-bond acceptors (Lipinski definition) is 9. The summed E-state index contributed by atoms with van der Waals surface area (Å²) < 4.78 is 28.3. The van der Waals surface area contributed by atoms with E-state index in [9.17, 15) is 38.9 Å². The maximum Gasteiger partial charge on any atom is 0.469 e. The summed E-state index contributed by atoms with van der Waals surface area (Å²) in [6.07, 6.45) is 2.56. The summed E-state index contributed by atoms with van der Waals surface area (Å²) in [7, 11) is -4.83. The van der Waals surface area contributed by atoms with Gasteiger partial charge in [-0.05, 0) is 100 Å². The van der Waals surface area contributed by atoms with Gasteiger partial charge in [-0.25, -0.2) is 4.57 Å². The minimum Gasteiger partial charge on any atom is -0.459 e. The van der Waals surface area contributed by atoms with E-state index in [1.54, 1.807) is 19.9 Å². The Hall–Kier alpha value is -1.62. The number of hydrogen-bond donors (Lipinski definition) is 4. The van der Waals surface area contributed by atoms with E-state index in [1.807, 2.05) is 20.8 Å². The fourth-order valence-electron chi connectivity index (χ4n) is 9.23. The Balaban J connectivity index is 1.67. The molecule has 0 aromatic heterocycles. The minimum atomic E-state index is -4.83. The van der Waals surface area contributed by atoms with Gasteiger partial charge in [-0.1, -0.05) is 20.8 Å². The quantitative estimate of drug-likeness (QED) is 0.214. The van der Waals surface area contributed by atoms with Crippen molar-refractivity contribution in [1.29, 1.82) is 0 Å². The lowest BCUT2D eigenvalue weighted by atomic mass is 9.45. The first-order valence-corrected chi connectivity index (χ1v) is 16.9. The van der Waals surface area contributed by atoms with E-state index >= 15 is 0 Å². The number of allylic oxidation sites excluding steroid dienone is 1. The van der Waals surface area contributed by atoms with E-state index in [0.717, 1.165) is 0 Å². The predicted octanol–water partition coefficient (Wildman–Crippen LogP) is 4.00. The van der Waals surface area contributed by atoms with E-state index in [1.165, 1.54) is 13.8 Å². The SMILES string of the molecule is CC(=O)O[C@H]1C[C@@]2(C)[C@@H](C[C@H]1OC(C)=O)C(=O)C=C1[C@@H]2CC[C@]2(C)[C@@H]([C@H](C)C(CCC(C)(C)O)OP(=O)(O)O)CC[C@@]12O. The number of esters is 2. The molecule has 4 aliphatic carbocycles. The van der Waals surface area contributed by atoms with Crippen molar-refractivity contribution in [1.82, 2.24) is 0 Å². The van der Waals surface area contributed by atoms with Crippen molar-refractivity contribution < 1.29 is 52.9 Å². The second-order valence-corrected chi connectivity index (χ2v) is 15.8. The molecule has 0 heterocycles. The lowest BCUT2D eigenvalue weighted by molar-refractivity contribution is -0.186. The molecule has 3 saturated carbocycles. The van der Waals surface area contributed by atoms with Crippen molar-refractivity contribution in [2.75, 3.05) is 0 Å². The molecular weight excluding hydrogens is 579 g/mol. The van der Waals surface area contributed by atoms with Gasteiger partial charge in [0.25, 0.3) is 0 Å². The normalized spacial score (nSPS) is 39.1. The fourth-order valence-corrected chi connectivity index (χ4v) is 9.88. The van der Waals surface area contributed by atoms with Gasteiger partial charge in [0.05, 0.1) is 17.3 Å². The predicted molar refractivity (Wildman–Crippen MR) is 155 cm³/mol. The van der Waals surface area contributed by atoms with Gasteiger partial charge in [-0.3, -0.25) is 18.9 Å². The molecule has 4 rings (SSSR count). The molecule has 1 unspecified atom stereocenters. The summed E-state index contributed by atoms with van der Waals surface area (Å²) in [5.41, 5.74) is -3.04. The Morgan fingerprint density at radius 1 is 1.07 bits per heavy atom. The fraction of sp³-hybridized carbons (Fsp3) is 0.839. The van der Waals surface area contributed by atoms with Crippen LogP contribution in [0.1, 0.15) is 99.8 Å². The van der Waals surface area contributed by atoms with E-state index < -0.39 is 66.0 Å². The molecule has 0 spiro atoms. The van der Waals surface area contributed by atoms with E-state index in [0.29, 0.717) is 37.7 Å². The van der Waals surface area contributed by atoms with Crippen molar-refractivity contribution >= 4 is 25.5 Å². The average Bonchev–Trinajstić information content (AvgIpc) is 3.12. The standard InChI is InChI=1S/C31H49O11P/c1-17(25(42-43(37,38)39)10-11-28(4,5)35)20-9-13-31(36)22-14-24(34)23-15-26(40-18(2)32)27(41-19(3)33)16-29(23,6)21(22)8-12-30(20,31)7/h14,17,20-21,23,25-27,35-36H,8-13,15-16H2,1-7H3,(H2,37,38,39)/t17-,20+,21-,23-,25?,26+,27-,29+,30+,31+/m0/s1. The van der Waals surface area contributed by atoms with Gasteiger partial charge in [-0.2, -0.15) is 0 Å². The average molecular weight is 629 g/mol. The minimum absolute atomic E-state index is 0.144. The molecule has 11 nitrogen and oxygen atoms in total. The monoisotopic (exact) mass is 628 g/mol. The van der Waals surface area contributed by atoms with Crippen molar-refractivity contribution in [3.05, 3.63) is 11.6 Å². The van der Waals surface area contributed by atoms with Crippen LogP contribution in [0.25, 0.3) is 0 Å². The van der Waals surface area contributed by atoms with Gasteiger partial charge in [0.15, 0.2) is 5.78 Å². The number of phosphoric acid groups is 1. The summed E-state index contributed by atoms with van der Waals surface area (Å²) in [6, 6.07) is 0. The third kappa shape index (κ3) is 6.54. The molecule has 0 radical (unpaired) electrons. The zero-order valence-electron chi connectivity index (χ0n) is 26.4. The van der Waals surface area contributed by atoms with Gasteiger partial charge in [0, 0.05) is 25.2 Å². The first-order chi connectivity index (χ1) is 19.6. The Labute approximate surface area is 254 Å². The number of carbonyl (C=O) groups is 3. The number of fused-ring (bicyclic) bond motifs is 5. The van der Waals surface area contributed by atoms with Crippen LogP contribution in [-0.2, 0) is 32.9 Å². The highest BCUT2D eigenvalue weighted by Crippen LogP contribution is 2.68. The smallest absolute Gasteiger partial charge is 0.459 e. The van der Waals surface area contributed by atoms with Crippen LogP contribution in [0.3, 0.4) is 0 Å². The number of rotatable bonds is 9. The van der Waals surface area contributed by atoms with Gasteiger partial charge >= 0.3 is 19.8 Å². The van der Waals surface area contributed by atoms with Crippen molar-refractivity contribution in [2.45, 2.75) is 129 Å². The van der Waals surface area contributed by atoms with Crippen molar-refractivity contribution in [3.63, 3.8) is 0 Å². The van der Waals surface area contributed by atoms with Gasteiger partial charge < -0.3 is 29.5 Å². The number of aliphatic hydroxyl groups is 2. The van der Waals surface area contributed by atoms with Crippen LogP contribution in [0.5, 0.6) is 0 Å². The van der Waals surface area contributed by atoms with Crippen LogP contribution in [-0.4, -0.2) is 67.2 Å². The Bertz CT molecular complexity index is 1200. The summed E-state index contributed by atoms with van der Waals surface area (Å²) in [4.78, 5) is 57.0. The van der Waals surface area contributed by atoms with E-state index in [-0.39, 0.29) is 42.8 Å². The van der Waals surface area contributed by atoms with Gasteiger partial charge in [0.2, 0.25) is 0 Å². The number of phosphoric ester groups is 1. The first-order valence-electron chi connectivity index (χ1n) is 15.4. The third-order valence-corrected chi connectivity index (χ3v) is 11.9. The summed E-state index contributed by atoms with van der Waals surface area (Å²) in [6.45, 7) is 11.8. The third-order valence-electron chi connectivity index (χ3n) is 11.3. The van der Waals surface area contributed by atoms with Crippen LogP contribution in [0, 0.1) is 34.5 Å². The highest BCUT2D eigenvalue weighted by atomic mass is 31.2. The van der Waals surface area contributed by atoms with Crippen LogP contribution < -0.4 is 0 Å². The van der Waals surface area contributed by atoms with Crippen LogP contribution in [0.4, 0.5) is 0 Å². The molecule has 0 amide bonds. The van der Waals surface area contributed by atoms with Crippen molar-refractivity contribution in [3.8, 4) is 0 Å². The molecule has 4 N–H and O–H groups in total. The summed E-state index contributed by atoms with van der Waals surface area (Å²) >= 11 is 0. The molecule has 4 aliphatic rings. The molecule has 3 fully saturated rings. The first kappa shape index (κ1) is 34.3. The lowest BCUT2D eigenvalue weighted by Crippen LogP contribution is -2.61. The Kier molecular flexibility index (Phi) is 9.26. The summed E-state index contributed by atoms with van der Waals surface area (Å²) in [5, 5.41) is 22.9. The highest BCUT2D eigenvalue weighted by Gasteiger charge is 2.67. The number of ketones is 1. The largest absolute Gasteiger partial charge is 0.469 e. The van der Waals surface area contributed by atoms with Crippen LogP contribution in [0.15, 0.2) is 11.6 Å². The lowest BCUT2D eigenvalue weighted by Gasteiger charge is -2.60. The molecule has 0 saturated heterocycles. The van der Waals surface area contributed by atoms with Crippen LogP contribution >= 0.6 is 7.82 Å². The zero-order valence-corrected chi connectivity index (χ0v) is 27.3. The molecule has 12 heteroatoms. The van der Waals surface area contributed by atoms with Crippen LogP contribution in [0.2, 0.25) is 0 Å². The van der Waals surface area contributed by atoms with Gasteiger partial charge in [-0.15, -0.1) is 0 Å². The topological polar surface area (TPSA) is 177 Å². The zero-order chi connectivity index (χ0) is 32.3. The molecule has 0 aromatic rings. The summed E-state index contributed by atoms with van der Waals surface area (Å²) in [5.74, 6) is -2.33. The number of carbonyl (C=O) groups excluding carboxylic acids is 3. The molecule has 0 aromatic carbocycles. The van der Waals surface area contributed by atoms with E-state index in [2.05, 4.69) is 0 Å². The molecular formula is C31H49O11P. The van der Waals surface area contributed by atoms with Crippen molar-refractivity contribution in [2.24, 2.45) is 34.5 Å². The maximum atomic E-state index is 13.8. The molecule has 0 bridgehead atoms.